The molecule has 1 heterocycles. The monoisotopic (exact) mass is 275 g/mol. The molecule has 0 saturated heterocycles. The Kier molecular flexibility index (Phi) is 4.37. The van der Waals surface area contributed by atoms with Crippen LogP contribution in [0.1, 0.15) is 19.4 Å². The highest BCUT2D eigenvalue weighted by atomic mass is 19.1. The van der Waals surface area contributed by atoms with Crippen molar-refractivity contribution in [1.29, 1.82) is 0 Å². The van der Waals surface area contributed by atoms with Crippen molar-refractivity contribution in [2.45, 2.75) is 20.0 Å². The normalized spacial score (nSPS) is 17.3. The summed E-state index contributed by atoms with van der Waals surface area (Å²) in [6, 6.07) is 9.55. The van der Waals surface area contributed by atoms with Gasteiger partial charge in [-0.15, -0.1) is 0 Å². The molecular formula is C16H18FNO2. The second kappa shape index (κ2) is 6.03. The lowest BCUT2D eigenvalue weighted by Gasteiger charge is -2.33. The number of aliphatic hydroxyl groups is 1. The van der Waals surface area contributed by atoms with Crippen LogP contribution in [-0.2, 0) is 4.84 Å². The van der Waals surface area contributed by atoms with E-state index >= 15 is 0 Å². The molecular weight excluding hydrogens is 257 g/mol. The SMILES string of the molecule is C=C1C(C(C)O)=CC(C)=C(c2ccccc2)N1OCF. The fourth-order valence-corrected chi connectivity index (χ4v) is 2.29. The summed E-state index contributed by atoms with van der Waals surface area (Å²) >= 11 is 0. The van der Waals surface area contributed by atoms with E-state index in [-0.39, 0.29) is 0 Å². The van der Waals surface area contributed by atoms with Gasteiger partial charge >= 0.3 is 0 Å². The van der Waals surface area contributed by atoms with Gasteiger partial charge in [-0.3, -0.25) is 0 Å². The summed E-state index contributed by atoms with van der Waals surface area (Å²) < 4.78 is 12.7. The lowest BCUT2D eigenvalue weighted by molar-refractivity contribution is -0.121. The standard InChI is InChI=1S/C16H18FNO2/c1-11-9-15(13(3)19)12(2)18(20-10-17)16(11)14-7-5-4-6-8-14/h4-9,13,19H,2,10H2,1,3H3. The largest absolute Gasteiger partial charge is 0.389 e. The molecule has 1 aromatic rings. The number of rotatable bonds is 4. The maximum absolute atomic E-state index is 12.7. The zero-order chi connectivity index (χ0) is 14.7. The smallest absolute Gasteiger partial charge is 0.215 e. The molecule has 1 aliphatic heterocycles. The topological polar surface area (TPSA) is 32.7 Å². The summed E-state index contributed by atoms with van der Waals surface area (Å²) in [5, 5.41) is 11.1. The van der Waals surface area contributed by atoms with Crippen LogP contribution in [0.5, 0.6) is 0 Å². The third-order valence-corrected chi connectivity index (χ3v) is 3.20. The fourth-order valence-electron chi connectivity index (χ4n) is 2.29. The van der Waals surface area contributed by atoms with E-state index in [0.717, 1.165) is 16.8 Å². The molecule has 3 nitrogen and oxygen atoms in total. The molecule has 0 aliphatic carbocycles. The minimum absolute atomic E-state index is 0.446. The summed E-state index contributed by atoms with van der Waals surface area (Å²) in [5.41, 5.74) is 3.59. The third kappa shape index (κ3) is 2.66. The van der Waals surface area contributed by atoms with E-state index in [1.807, 2.05) is 43.3 Å². The molecule has 1 N–H and O–H groups in total. The lowest BCUT2D eigenvalue weighted by atomic mass is 9.96. The van der Waals surface area contributed by atoms with E-state index in [9.17, 15) is 9.50 Å². The summed E-state index contributed by atoms with van der Waals surface area (Å²) in [5.74, 6) is 0. The average Bonchev–Trinajstić information content (AvgIpc) is 2.43. The van der Waals surface area contributed by atoms with Crippen molar-refractivity contribution in [2.24, 2.45) is 0 Å². The molecule has 1 aromatic carbocycles. The first-order valence-corrected chi connectivity index (χ1v) is 6.40. The third-order valence-electron chi connectivity index (χ3n) is 3.20. The quantitative estimate of drug-likeness (QED) is 0.914. The first-order valence-electron chi connectivity index (χ1n) is 6.40. The Morgan fingerprint density at radius 1 is 1.35 bits per heavy atom. The first kappa shape index (κ1) is 14.5. The van der Waals surface area contributed by atoms with Gasteiger partial charge in [-0.1, -0.05) is 36.9 Å². The zero-order valence-corrected chi connectivity index (χ0v) is 11.6. The Hall–Kier alpha value is -1.91. The van der Waals surface area contributed by atoms with E-state index in [2.05, 4.69) is 6.58 Å². The number of benzene rings is 1. The van der Waals surface area contributed by atoms with E-state index in [1.165, 1.54) is 5.06 Å². The summed E-state index contributed by atoms with van der Waals surface area (Å²) in [6.45, 7) is 6.48. The molecule has 20 heavy (non-hydrogen) atoms. The van der Waals surface area contributed by atoms with E-state index in [1.54, 1.807) is 6.92 Å². The van der Waals surface area contributed by atoms with Crippen LogP contribution in [0.25, 0.3) is 5.70 Å². The van der Waals surface area contributed by atoms with Gasteiger partial charge in [0.1, 0.15) is 0 Å². The van der Waals surface area contributed by atoms with Crippen LogP contribution in [0.4, 0.5) is 4.39 Å². The van der Waals surface area contributed by atoms with Gasteiger partial charge in [0, 0.05) is 11.1 Å². The van der Waals surface area contributed by atoms with Gasteiger partial charge in [0.2, 0.25) is 6.86 Å². The molecule has 0 radical (unpaired) electrons. The number of hydroxylamine groups is 2. The molecule has 0 amide bonds. The molecule has 4 heteroatoms. The Balaban J connectivity index is 2.54. The van der Waals surface area contributed by atoms with Crippen molar-refractivity contribution in [2.75, 3.05) is 6.86 Å². The van der Waals surface area contributed by atoms with Crippen LogP contribution >= 0.6 is 0 Å². The van der Waals surface area contributed by atoms with Gasteiger partial charge in [0.05, 0.1) is 17.5 Å². The highest BCUT2D eigenvalue weighted by Gasteiger charge is 2.26. The Morgan fingerprint density at radius 3 is 2.55 bits per heavy atom. The van der Waals surface area contributed by atoms with Gasteiger partial charge in [-0.2, -0.15) is 0 Å². The molecule has 0 fully saturated rings. The maximum atomic E-state index is 12.7. The molecule has 0 bridgehead atoms. The summed E-state index contributed by atoms with van der Waals surface area (Å²) in [4.78, 5) is 5.07. The van der Waals surface area contributed by atoms with Crippen molar-refractivity contribution >= 4 is 5.70 Å². The number of allylic oxidation sites excluding steroid dienone is 2. The second-order valence-corrected chi connectivity index (χ2v) is 4.65. The Morgan fingerprint density at radius 2 is 2.00 bits per heavy atom. The number of hydrogen-bond acceptors (Lipinski definition) is 3. The highest BCUT2D eigenvalue weighted by Crippen LogP contribution is 2.35. The number of halogens is 1. The number of nitrogens with zero attached hydrogens (tertiary/aromatic N) is 1. The zero-order valence-electron chi connectivity index (χ0n) is 11.6. The van der Waals surface area contributed by atoms with E-state index in [4.69, 9.17) is 4.84 Å². The van der Waals surface area contributed by atoms with Crippen LogP contribution in [-0.4, -0.2) is 23.1 Å². The number of hydrogen-bond donors (Lipinski definition) is 1. The van der Waals surface area contributed by atoms with Gasteiger partial charge in [0.15, 0.2) is 0 Å². The fraction of sp³-hybridized carbons (Fsp3) is 0.250. The minimum atomic E-state index is -0.963. The predicted octanol–water partition coefficient (Wildman–Crippen LogP) is 3.41. The van der Waals surface area contributed by atoms with Crippen LogP contribution < -0.4 is 0 Å². The molecule has 1 unspecified atom stereocenters. The van der Waals surface area contributed by atoms with Crippen molar-refractivity contribution in [3.63, 3.8) is 0 Å². The average molecular weight is 275 g/mol. The molecule has 2 rings (SSSR count). The van der Waals surface area contributed by atoms with E-state index in [0.29, 0.717) is 11.3 Å². The minimum Gasteiger partial charge on any atom is -0.389 e. The van der Waals surface area contributed by atoms with Gasteiger partial charge < -0.3 is 5.11 Å². The predicted molar refractivity (Wildman–Crippen MR) is 76.8 cm³/mol. The molecule has 0 spiro atoms. The van der Waals surface area contributed by atoms with Crippen LogP contribution in [0, 0.1) is 0 Å². The van der Waals surface area contributed by atoms with Crippen molar-refractivity contribution in [3.8, 4) is 0 Å². The lowest BCUT2D eigenvalue weighted by Crippen LogP contribution is -2.28. The van der Waals surface area contributed by atoms with Crippen LogP contribution in [0.3, 0.4) is 0 Å². The van der Waals surface area contributed by atoms with Crippen LogP contribution in [0.15, 0.2) is 59.8 Å². The molecule has 1 aliphatic rings. The first-order chi connectivity index (χ1) is 9.56. The van der Waals surface area contributed by atoms with Crippen molar-refractivity contribution in [1.82, 2.24) is 5.06 Å². The van der Waals surface area contributed by atoms with Crippen LogP contribution in [0.2, 0.25) is 0 Å². The van der Waals surface area contributed by atoms with Gasteiger partial charge in [-0.05, 0) is 25.5 Å². The summed E-state index contributed by atoms with van der Waals surface area (Å²) in [6.07, 6.45) is 1.16. The molecule has 0 saturated carbocycles. The maximum Gasteiger partial charge on any atom is 0.215 e. The highest BCUT2D eigenvalue weighted by molar-refractivity contribution is 5.73. The molecule has 0 aromatic heterocycles. The molecule has 106 valence electrons. The number of aliphatic hydroxyl groups excluding tert-OH is 1. The summed E-state index contributed by atoms with van der Waals surface area (Å²) in [7, 11) is 0. The van der Waals surface area contributed by atoms with Gasteiger partial charge in [-0.25, -0.2) is 14.3 Å². The Labute approximate surface area is 118 Å². The van der Waals surface area contributed by atoms with Gasteiger partial charge in [0.25, 0.3) is 0 Å². The van der Waals surface area contributed by atoms with Crippen molar-refractivity contribution in [3.05, 3.63) is 65.4 Å². The molecule has 1 atom stereocenters. The number of alkyl halides is 1. The van der Waals surface area contributed by atoms with Crippen molar-refractivity contribution < 1.29 is 14.3 Å². The second-order valence-electron chi connectivity index (χ2n) is 4.65. The van der Waals surface area contributed by atoms with E-state index < -0.39 is 13.0 Å². The Bertz CT molecular complexity index is 561.